The lowest BCUT2D eigenvalue weighted by atomic mass is 9.82. The second-order valence-corrected chi connectivity index (χ2v) is 5.06. The van der Waals surface area contributed by atoms with E-state index in [4.69, 9.17) is 0 Å². The predicted octanol–water partition coefficient (Wildman–Crippen LogP) is 1.53. The van der Waals surface area contributed by atoms with Crippen molar-refractivity contribution in [3.63, 3.8) is 0 Å². The van der Waals surface area contributed by atoms with Gasteiger partial charge in [-0.1, -0.05) is 19.3 Å². The Kier molecular flexibility index (Phi) is 4.33. The van der Waals surface area contributed by atoms with Gasteiger partial charge in [-0.25, -0.2) is 4.98 Å². The molecule has 20 heavy (non-hydrogen) atoms. The van der Waals surface area contributed by atoms with Crippen molar-refractivity contribution >= 4 is 17.5 Å². The predicted molar refractivity (Wildman–Crippen MR) is 74.8 cm³/mol. The van der Waals surface area contributed by atoms with Gasteiger partial charge in [0.25, 0.3) is 0 Å². The summed E-state index contributed by atoms with van der Waals surface area (Å²) in [7, 11) is 1.65. The SMILES string of the molecule is CNc1ncc([N+](=O)[O-])c(NC2(CO)CCCCC2)n1. The number of nitrogens with one attached hydrogen (secondary N) is 2. The van der Waals surface area contributed by atoms with E-state index in [1.54, 1.807) is 7.05 Å². The molecule has 2 rings (SSSR count). The fourth-order valence-electron chi connectivity index (χ4n) is 2.52. The molecule has 8 heteroatoms. The first-order valence-electron chi connectivity index (χ1n) is 6.68. The fourth-order valence-corrected chi connectivity index (χ4v) is 2.52. The zero-order valence-electron chi connectivity index (χ0n) is 11.4. The molecule has 1 saturated carbocycles. The van der Waals surface area contributed by atoms with Crippen molar-refractivity contribution in [2.75, 3.05) is 24.3 Å². The largest absolute Gasteiger partial charge is 0.394 e. The summed E-state index contributed by atoms with van der Waals surface area (Å²) in [6.07, 6.45) is 5.84. The summed E-state index contributed by atoms with van der Waals surface area (Å²) in [4.78, 5) is 18.5. The van der Waals surface area contributed by atoms with Crippen LogP contribution >= 0.6 is 0 Å². The Morgan fingerprint density at radius 1 is 1.45 bits per heavy atom. The lowest BCUT2D eigenvalue weighted by Gasteiger charge is -2.36. The third-order valence-corrected chi connectivity index (χ3v) is 3.69. The molecule has 0 spiro atoms. The number of nitrogens with zero attached hydrogens (tertiary/aromatic N) is 3. The zero-order valence-corrected chi connectivity index (χ0v) is 11.4. The Balaban J connectivity index is 2.32. The van der Waals surface area contributed by atoms with E-state index in [-0.39, 0.29) is 18.1 Å². The van der Waals surface area contributed by atoms with Gasteiger partial charge in [-0.15, -0.1) is 0 Å². The molecular weight excluding hydrogens is 262 g/mol. The normalized spacial score (nSPS) is 17.5. The van der Waals surface area contributed by atoms with Crippen LogP contribution in [-0.2, 0) is 0 Å². The summed E-state index contributed by atoms with van der Waals surface area (Å²) in [5, 5.41) is 26.6. The van der Waals surface area contributed by atoms with Crippen LogP contribution in [0, 0.1) is 10.1 Å². The van der Waals surface area contributed by atoms with E-state index in [0.717, 1.165) is 32.1 Å². The van der Waals surface area contributed by atoms with Gasteiger partial charge in [-0.05, 0) is 12.8 Å². The van der Waals surface area contributed by atoms with Crippen molar-refractivity contribution in [3.8, 4) is 0 Å². The van der Waals surface area contributed by atoms with Gasteiger partial charge in [0.1, 0.15) is 6.20 Å². The maximum absolute atomic E-state index is 11.1. The topological polar surface area (TPSA) is 113 Å². The molecular formula is C12H19N5O3. The minimum Gasteiger partial charge on any atom is -0.394 e. The lowest BCUT2D eigenvalue weighted by molar-refractivity contribution is -0.384. The quantitative estimate of drug-likeness (QED) is 0.554. The minimum absolute atomic E-state index is 0.0664. The van der Waals surface area contributed by atoms with Gasteiger partial charge < -0.3 is 15.7 Å². The maximum Gasteiger partial charge on any atom is 0.329 e. The number of aromatic nitrogens is 2. The summed E-state index contributed by atoms with van der Waals surface area (Å²) < 4.78 is 0. The molecule has 1 aromatic heterocycles. The molecule has 0 bridgehead atoms. The van der Waals surface area contributed by atoms with Crippen molar-refractivity contribution in [2.45, 2.75) is 37.6 Å². The van der Waals surface area contributed by atoms with E-state index in [0.29, 0.717) is 5.95 Å². The van der Waals surface area contributed by atoms with E-state index < -0.39 is 10.5 Å². The van der Waals surface area contributed by atoms with Crippen LogP contribution in [0.1, 0.15) is 32.1 Å². The molecule has 1 fully saturated rings. The Morgan fingerprint density at radius 2 is 2.15 bits per heavy atom. The first-order valence-corrected chi connectivity index (χ1v) is 6.68. The summed E-state index contributed by atoms with van der Waals surface area (Å²) in [6, 6.07) is 0. The Bertz CT molecular complexity index is 488. The molecule has 1 aliphatic rings. The third-order valence-electron chi connectivity index (χ3n) is 3.69. The van der Waals surface area contributed by atoms with Crippen LogP contribution in [0.3, 0.4) is 0 Å². The van der Waals surface area contributed by atoms with Crippen LogP contribution in [0.15, 0.2) is 6.20 Å². The van der Waals surface area contributed by atoms with Crippen molar-refractivity contribution in [1.29, 1.82) is 0 Å². The summed E-state index contributed by atoms with van der Waals surface area (Å²) in [5.74, 6) is 0.465. The Hall–Kier alpha value is -1.96. The highest BCUT2D eigenvalue weighted by molar-refractivity contribution is 5.58. The first-order chi connectivity index (χ1) is 9.60. The average molecular weight is 281 g/mol. The van der Waals surface area contributed by atoms with Crippen LogP contribution < -0.4 is 10.6 Å². The van der Waals surface area contributed by atoms with Crippen molar-refractivity contribution in [1.82, 2.24) is 9.97 Å². The Morgan fingerprint density at radius 3 is 2.70 bits per heavy atom. The van der Waals surface area contributed by atoms with Crippen LogP contribution in [-0.4, -0.2) is 39.2 Å². The summed E-state index contributed by atoms with van der Waals surface area (Å²) in [6.45, 7) is -0.0664. The summed E-state index contributed by atoms with van der Waals surface area (Å²) in [5.41, 5.74) is -0.704. The van der Waals surface area contributed by atoms with Gasteiger partial charge in [-0.3, -0.25) is 10.1 Å². The van der Waals surface area contributed by atoms with Gasteiger partial charge in [-0.2, -0.15) is 4.98 Å². The van der Waals surface area contributed by atoms with Gasteiger partial charge in [0.15, 0.2) is 0 Å². The van der Waals surface area contributed by atoms with E-state index in [2.05, 4.69) is 20.6 Å². The van der Waals surface area contributed by atoms with E-state index >= 15 is 0 Å². The van der Waals surface area contributed by atoms with E-state index in [9.17, 15) is 15.2 Å². The molecule has 1 aliphatic carbocycles. The van der Waals surface area contributed by atoms with Crippen LogP contribution in [0.4, 0.5) is 17.5 Å². The number of rotatable bonds is 5. The smallest absolute Gasteiger partial charge is 0.329 e. The van der Waals surface area contributed by atoms with Crippen LogP contribution in [0.2, 0.25) is 0 Å². The molecule has 0 saturated heterocycles. The zero-order chi connectivity index (χ0) is 14.6. The van der Waals surface area contributed by atoms with E-state index in [1.807, 2.05) is 0 Å². The van der Waals surface area contributed by atoms with Crippen LogP contribution in [0.25, 0.3) is 0 Å². The molecule has 3 N–H and O–H groups in total. The first kappa shape index (κ1) is 14.4. The van der Waals surface area contributed by atoms with Crippen molar-refractivity contribution < 1.29 is 10.0 Å². The average Bonchev–Trinajstić information content (AvgIpc) is 2.47. The molecule has 0 amide bonds. The molecule has 110 valence electrons. The highest BCUT2D eigenvalue weighted by Crippen LogP contribution is 2.33. The third kappa shape index (κ3) is 2.96. The molecule has 8 nitrogen and oxygen atoms in total. The Labute approximate surface area is 116 Å². The molecule has 1 aromatic rings. The molecule has 0 radical (unpaired) electrons. The molecule has 1 heterocycles. The number of hydrogen-bond donors (Lipinski definition) is 3. The fraction of sp³-hybridized carbons (Fsp3) is 0.667. The van der Waals surface area contributed by atoms with Crippen molar-refractivity contribution in [2.24, 2.45) is 0 Å². The number of anilines is 2. The van der Waals surface area contributed by atoms with Gasteiger partial charge in [0.2, 0.25) is 11.8 Å². The minimum atomic E-state index is -0.525. The second-order valence-electron chi connectivity index (χ2n) is 5.06. The maximum atomic E-state index is 11.1. The summed E-state index contributed by atoms with van der Waals surface area (Å²) >= 11 is 0. The molecule has 0 aromatic carbocycles. The monoisotopic (exact) mass is 281 g/mol. The van der Waals surface area contributed by atoms with Gasteiger partial charge >= 0.3 is 5.69 Å². The second kappa shape index (κ2) is 6.00. The van der Waals surface area contributed by atoms with Crippen LogP contribution in [0.5, 0.6) is 0 Å². The van der Waals surface area contributed by atoms with Crippen molar-refractivity contribution in [3.05, 3.63) is 16.3 Å². The standard InChI is InChI=1S/C12H19N5O3/c1-13-11-14-7-9(17(19)20)10(15-11)16-12(8-18)5-3-2-4-6-12/h7,18H,2-6,8H2,1H3,(H2,13,14,15,16). The lowest BCUT2D eigenvalue weighted by Crippen LogP contribution is -2.44. The molecule has 0 aliphatic heterocycles. The van der Waals surface area contributed by atoms with Gasteiger partial charge in [0, 0.05) is 7.05 Å². The van der Waals surface area contributed by atoms with Gasteiger partial charge in [0.05, 0.1) is 17.1 Å². The molecule has 0 unspecified atom stereocenters. The highest BCUT2D eigenvalue weighted by Gasteiger charge is 2.34. The number of aliphatic hydroxyl groups is 1. The number of hydrogen-bond acceptors (Lipinski definition) is 7. The number of aliphatic hydroxyl groups excluding tert-OH is 1. The highest BCUT2D eigenvalue weighted by atomic mass is 16.6. The van der Waals surface area contributed by atoms with E-state index in [1.165, 1.54) is 6.20 Å². The number of nitro groups is 1. The molecule has 0 atom stereocenters.